The first-order valence-corrected chi connectivity index (χ1v) is 10.6. The Morgan fingerprint density at radius 3 is 2.19 bits per heavy atom. The lowest BCUT2D eigenvalue weighted by atomic mass is 9.86. The lowest BCUT2D eigenvalue weighted by Gasteiger charge is -2.19. The average molecular weight is 392 g/mol. The summed E-state index contributed by atoms with van der Waals surface area (Å²) in [5.41, 5.74) is 3.09. The Balaban J connectivity index is 1.95. The summed E-state index contributed by atoms with van der Waals surface area (Å²) in [5.74, 6) is 1.30. The van der Waals surface area contributed by atoms with Gasteiger partial charge in [-0.2, -0.15) is 0 Å². The number of nitrogens with one attached hydrogen (secondary N) is 1. The van der Waals surface area contributed by atoms with Crippen molar-refractivity contribution >= 4 is 10.0 Å². The minimum absolute atomic E-state index is 0.0420. The number of hydrogen-bond donors (Lipinski definition) is 1. The fraction of sp³-hybridized carbons (Fsp3) is 0.429. The molecular weight excluding hydrogens is 362 g/mol. The zero-order chi connectivity index (χ0) is 20.1. The smallest absolute Gasteiger partial charge is 0.212 e. The van der Waals surface area contributed by atoms with E-state index in [9.17, 15) is 8.42 Å². The SMILES string of the molecule is COc1ccc(CNS(=O)(=O)CCc2ccc(C(C)(C)C)cc2)c(OC)c1. The highest BCUT2D eigenvalue weighted by Gasteiger charge is 2.15. The summed E-state index contributed by atoms with van der Waals surface area (Å²) in [5, 5.41) is 0. The van der Waals surface area contributed by atoms with E-state index >= 15 is 0 Å². The van der Waals surface area contributed by atoms with Crippen molar-refractivity contribution in [1.82, 2.24) is 4.72 Å². The maximum atomic E-state index is 12.3. The highest BCUT2D eigenvalue weighted by Crippen LogP contribution is 2.25. The zero-order valence-corrected chi connectivity index (χ0v) is 17.5. The van der Waals surface area contributed by atoms with Crippen molar-refractivity contribution in [3.63, 3.8) is 0 Å². The van der Waals surface area contributed by atoms with Crippen LogP contribution in [0.1, 0.15) is 37.5 Å². The monoisotopic (exact) mass is 391 g/mol. The highest BCUT2D eigenvalue weighted by molar-refractivity contribution is 7.89. The van der Waals surface area contributed by atoms with Crippen molar-refractivity contribution in [1.29, 1.82) is 0 Å². The normalized spacial score (nSPS) is 12.0. The molecule has 2 rings (SSSR count). The van der Waals surface area contributed by atoms with Crippen LogP contribution in [0.5, 0.6) is 11.5 Å². The molecule has 0 amide bonds. The van der Waals surface area contributed by atoms with Gasteiger partial charge in [0.15, 0.2) is 0 Å². The van der Waals surface area contributed by atoms with E-state index in [0.29, 0.717) is 17.9 Å². The van der Waals surface area contributed by atoms with Gasteiger partial charge < -0.3 is 9.47 Å². The summed E-state index contributed by atoms with van der Waals surface area (Å²) in [6.07, 6.45) is 0.472. The van der Waals surface area contributed by atoms with E-state index in [1.807, 2.05) is 12.1 Å². The van der Waals surface area contributed by atoms with Gasteiger partial charge in [-0.05, 0) is 29.0 Å². The third-order valence-corrected chi connectivity index (χ3v) is 5.78. The van der Waals surface area contributed by atoms with Crippen LogP contribution in [0.15, 0.2) is 42.5 Å². The molecule has 27 heavy (non-hydrogen) atoms. The molecule has 0 saturated carbocycles. The fourth-order valence-corrected chi connectivity index (χ4v) is 3.71. The molecule has 0 radical (unpaired) electrons. The van der Waals surface area contributed by atoms with Crippen molar-refractivity contribution in [3.8, 4) is 11.5 Å². The van der Waals surface area contributed by atoms with Crippen molar-refractivity contribution < 1.29 is 17.9 Å². The third-order valence-electron chi connectivity index (χ3n) is 4.46. The number of rotatable bonds is 8. The maximum absolute atomic E-state index is 12.3. The molecule has 0 aliphatic carbocycles. The summed E-state index contributed by atoms with van der Waals surface area (Å²) in [6, 6.07) is 13.5. The molecule has 148 valence electrons. The molecular formula is C21H29NO4S. The van der Waals surface area contributed by atoms with Gasteiger partial charge in [0.25, 0.3) is 0 Å². The van der Waals surface area contributed by atoms with Crippen LogP contribution in [0, 0.1) is 0 Å². The summed E-state index contributed by atoms with van der Waals surface area (Å²) < 4.78 is 37.8. The Kier molecular flexibility index (Phi) is 6.89. The predicted molar refractivity (Wildman–Crippen MR) is 109 cm³/mol. The molecule has 5 nitrogen and oxygen atoms in total. The zero-order valence-electron chi connectivity index (χ0n) is 16.7. The third kappa shape index (κ3) is 6.26. The second-order valence-corrected chi connectivity index (χ2v) is 9.44. The number of hydrogen-bond acceptors (Lipinski definition) is 4. The van der Waals surface area contributed by atoms with E-state index in [1.54, 1.807) is 32.4 Å². The number of aryl methyl sites for hydroxylation is 1. The molecule has 2 aromatic carbocycles. The van der Waals surface area contributed by atoms with Gasteiger partial charge in [0.2, 0.25) is 10.0 Å². The van der Waals surface area contributed by atoms with Gasteiger partial charge in [-0.15, -0.1) is 0 Å². The Bertz CT molecular complexity index is 853. The van der Waals surface area contributed by atoms with Crippen LogP contribution in [0.25, 0.3) is 0 Å². The Morgan fingerprint density at radius 1 is 0.963 bits per heavy atom. The van der Waals surface area contributed by atoms with E-state index in [0.717, 1.165) is 11.1 Å². The quantitative estimate of drug-likeness (QED) is 0.746. The van der Waals surface area contributed by atoms with Crippen molar-refractivity contribution in [2.45, 2.75) is 39.2 Å². The van der Waals surface area contributed by atoms with Crippen LogP contribution in [0.2, 0.25) is 0 Å². The molecule has 0 aliphatic heterocycles. The lowest BCUT2D eigenvalue weighted by molar-refractivity contribution is 0.390. The van der Waals surface area contributed by atoms with Gasteiger partial charge in [0, 0.05) is 18.2 Å². The van der Waals surface area contributed by atoms with E-state index < -0.39 is 10.0 Å². The molecule has 0 heterocycles. The summed E-state index contributed by atoms with van der Waals surface area (Å²) in [7, 11) is -0.270. The van der Waals surface area contributed by atoms with Crippen LogP contribution in [0.3, 0.4) is 0 Å². The van der Waals surface area contributed by atoms with E-state index in [2.05, 4.69) is 37.6 Å². The van der Waals surface area contributed by atoms with Gasteiger partial charge in [-0.3, -0.25) is 0 Å². The first-order chi connectivity index (χ1) is 12.6. The molecule has 0 atom stereocenters. The minimum Gasteiger partial charge on any atom is -0.497 e. The first-order valence-electron chi connectivity index (χ1n) is 8.92. The predicted octanol–water partition coefficient (Wildman–Crippen LogP) is 3.66. The molecule has 0 spiro atoms. The molecule has 0 fully saturated rings. The number of methoxy groups -OCH3 is 2. The molecule has 0 bridgehead atoms. The largest absolute Gasteiger partial charge is 0.497 e. The van der Waals surface area contributed by atoms with Gasteiger partial charge in [-0.1, -0.05) is 51.1 Å². The molecule has 0 aromatic heterocycles. The topological polar surface area (TPSA) is 64.6 Å². The summed E-state index contributed by atoms with van der Waals surface area (Å²) in [4.78, 5) is 0. The number of ether oxygens (including phenoxy) is 2. The van der Waals surface area contributed by atoms with Crippen LogP contribution >= 0.6 is 0 Å². The Labute approximate surface area is 162 Å². The first kappa shape index (κ1) is 21.3. The van der Waals surface area contributed by atoms with E-state index in [1.165, 1.54) is 5.56 Å². The standard InChI is InChI=1S/C21H29NO4S/c1-21(2,3)18-9-6-16(7-10-18)12-13-27(23,24)22-15-17-8-11-19(25-4)14-20(17)26-5/h6-11,14,22H,12-13,15H2,1-5H3. The molecule has 2 aromatic rings. The van der Waals surface area contributed by atoms with E-state index in [4.69, 9.17) is 9.47 Å². The van der Waals surface area contributed by atoms with Crippen LogP contribution in [0.4, 0.5) is 0 Å². The second kappa shape index (κ2) is 8.76. The van der Waals surface area contributed by atoms with Gasteiger partial charge in [0.1, 0.15) is 11.5 Å². The summed E-state index contributed by atoms with van der Waals surface area (Å²) >= 11 is 0. The minimum atomic E-state index is -3.39. The maximum Gasteiger partial charge on any atom is 0.212 e. The second-order valence-electron chi connectivity index (χ2n) is 7.51. The number of sulfonamides is 1. The van der Waals surface area contributed by atoms with Gasteiger partial charge in [0.05, 0.1) is 20.0 Å². The lowest BCUT2D eigenvalue weighted by Crippen LogP contribution is -2.27. The van der Waals surface area contributed by atoms with Crippen LogP contribution < -0.4 is 14.2 Å². The molecule has 6 heteroatoms. The molecule has 0 saturated heterocycles. The van der Waals surface area contributed by atoms with Crippen molar-refractivity contribution in [2.24, 2.45) is 0 Å². The fourth-order valence-electron chi connectivity index (χ4n) is 2.68. The van der Waals surface area contributed by atoms with Gasteiger partial charge in [-0.25, -0.2) is 13.1 Å². The highest BCUT2D eigenvalue weighted by atomic mass is 32.2. The number of benzene rings is 2. The Morgan fingerprint density at radius 2 is 1.63 bits per heavy atom. The van der Waals surface area contributed by atoms with Crippen molar-refractivity contribution in [2.75, 3.05) is 20.0 Å². The van der Waals surface area contributed by atoms with Crippen LogP contribution in [-0.2, 0) is 28.4 Å². The molecule has 0 aliphatic rings. The van der Waals surface area contributed by atoms with E-state index in [-0.39, 0.29) is 17.7 Å². The van der Waals surface area contributed by atoms with Crippen LogP contribution in [-0.4, -0.2) is 28.4 Å². The Hall–Kier alpha value is -2.05. The molecule has 1 N–H and O–H groups in total. The summed E-state index contributed by atoms with van der Waals surface area (Å²) in [6.45, 7) is 6.65. The molecule has 0 unspecified atom stereocenters. The van der Waals surface area contributed by atoms with Crippen molar-refractivity contribution in [3.05, 3.63) is 59.2 Å². The van der Waals surface area contributed by atoms with Gasteiger partial charge >= 0.3 is 0 Å². The average Bonchev–Trinajstić information content (AvgIpc) is 2.64.